The van der Waals surface area contributed by atoms with Gasteiger partial charge in [0.2, 0.25) is 11.1 Å². The summed E-state index contributed by atoms with van der Waals surface area (Å²) in [5, 5.41) is 14.4. The zero-order valence-electron chi connectivity index (χ0n) is 13.7. The lowest BCUT2D eigenvalue weighted by molar-refractivity contribution is -0.126. The third-order valence-electron chi connectivity index (χ3n) is 3.77. The summed E-state index contributed by atoms with van der Waals surface area (Å²) in [6.45, 7) is 6.64. The molecular weight excluding hydrogens is 328 g/mol. The molecule has 126 valence electrons. The molecule has 3 rings (SSSR count). The minimum Gasteiger partial charge on any atom is -0.336 e. The van der Waals surface area contributed by atoms with Crippen molar-refractivity contribution < 1.29 is 9.59 Å². The zero-order chi connectivity index (χ0) is 17.3. The maximum atomic E-state index is 12.4. The Labute approximate surface area is 143 Å². The molecule has 0 unspecified atom stereocenters. The SMILES string of the molecule is Cc1ccc(-n2nnnc2S[C@H](C)C(=O)N2CCNC2=O)c(C)c1. The number of hydrogen-bond donors (Lipinski definition) is 1. The first-order valence-electron chi connectivity index (χ1n) is 7.59. The zero-order valence-corrected chi connectivity index (χ0v) is 14.5. The Morgan fingerprint density at radius 2 is 2.17 bits per heavy atom. The maximum absolute atomic E-state index is 12.4. The second-order valence-electron chi connectivity index (χ2n) is 5.65. The summed E-state index contributed by atoms with van der Waals surface area (Å²) < 4.78 is 1.62. The molecule has 0 bridgehead atoms. The van der Waals surface area contributed by atoms with Gasteiger partial charge in [0.15, 0.2) is 0 Å². The van der Waals surface area contributed by atoms with Gasteiger partial charge in [-0.3, -0.25) is 9.69 Å². The number of carbonyl (C=O) groups is 2. The Balaban J connectivity index is 1.80. The van der Waals surface area contributed by atoms with Gasteiger partial charge in [-0.1, -0.05) is 29.5 Å². The number of hydrogen-bond acceptors (Lipinski definition) is 6. The molecule has 1 aromatic heterocycles. The molecule has 1 fully saturated rings. The highest BCUT2D eigenvalue weighted by atomic mass is 32.2. The third-order valence-corrected chi connectivity index (χ3v) is 4.79. The molecule has 0 radical (unpaired) electrons. The molecule has 2 heterocycles. The average Bonchev–Trinajstić information content (AvgIpc) is 3.15. The van der Waals surface area contributed by atoms with Crippen molar-refractivity contribution >= 4 is 23.7 Å². The third kappa shape index (κ3) is 3.12. The first-order valence-corrected chi connectivity index (χ1v) is 8.47. The molecule has 1 saturated heterocycles. The molecule has 1 atom stereocenters. The number of thioether (sulfide) groups is 1. The van der Waals surface area contributed by atoms with Crippen LogP contribution < -0.4 is 5.32 Å². The van der Waals surface area contributed by atoms with Crippen LogP contribution in [0.3, 0.4) is 0 Å². The molecule has 1 aromatic carbocycles. The lowest BCUT2D eigenvalue weighted by atomic mass is 10.1. The van der Waals surface area contributed by atoms with Gasteiger partial charge in [-0.05, 0) is 42.8 Å². The molecule has 9 heteroatoms. The van der Waals surface area contributed by atoms with Gasteiger partial charge in [0.05, 0.1) is 10.9 Å². The normalized spacial score (nSPS) is 15.5. The average molecular weight is 346 g/mol. The molecule has 8 nitrogen and oxygen atoms in total. The van der Waals surface area contributed by atoms with Crippen LogP contribution in [0.1, 0.15) is 18.1 Å². The summed E-state index contributed by atoms with van der Waals surface area (Å²) in [6.07, 6.45) is 0. The van der Waals surface area contributed by atoms with Gasteiger partial charge in [-0.15, -0.1) is 5.10 Å². The first-order chi connectivity index (χ1) is 11.5. The van der Waals surface area contributed by atoms with E-state index in [1.807, 2.05) is 26.0 Å². The van der Waals surface area contributed by atoms with Gasteiger partial charge >= 0.3 is 6.03 Å². The Bertz CT molecular complexity index is 790. The van der Waals surface area contributed by atoms with Crippen molar-refractivity contribution in [1.82, 2.24) is 30.4 Å². The van der Waals surface area contributed by atoms with E-state index in [-0.39, 0.29) is 11.9 Å². The van der Waals surface area contributed by atoms with Crippen molar-refractivity contribution in [1.29, 1.82) is 0 Å². The number of carbonyl (C=O) groups excluding carboxylic acids is 2. The summed E-state index contributed by atoms with van der Waals surface area (Å²) in [5.74, 6) is -0.245. The molecule has 1 aliphatic heterocycles. The number of imide groups is 1. The van der Waals surface area contributed by atoms with E-state index in [1.54, 1.807) is 11.6 Å². The predicted molar refractivity (Wildman–Crippen MR) is 89.1 cm³/mol. The topological polar surface area (TPSA) is 93.0 Å². The van der Waals surface area contributed by atoms with Crippen LogP contribution in [0.25, 0.3) is 5.69 Å². The van der Waals surface area contributed by atoms with Crippen LogP contribution in [-0.4, -0.2) is 55.4 Å². The van der Waals surface area contributed by atoms with E-state index < -0.39 is 5.25 Å². The molecule has 0 saturated carbocycles. The van der Waals surface area contributed by atoms with Crippen LogP contribution in [0.4, 0.5) is 4.79 Å². The first kappa shape index (κ1) is 16.4. The van der Waals surface area contributed by atoms with Crippen molar-refractivity contribution in [3.63, 3.8) is 0 Å². The van der Waals surface area contributed by atoms with E-state index in [0.29, 0.717) is 18.2 Å². The van der Waals surface area contributed by atoms with E-state index in [4.69, 9.17) is 0 Å². The summed E-state index contributed by atoms with van der Waals surface area (Å²) in [7, 11) is 0. The Hall–Kier alpha value is -2.42. The highest BCUT2D eigenvalue weighted by molar-refractivity contribution is 8.00. The number of urea groups is 1. The molecular formula is C15H18N6O2S. The lowest BCUT2D eigenvalue weighted by Gasteiger charge is -2.17. The van der Waals surface area contributed by atoms with Gasteiger partial charge in [-0.2, -0.15) is 4.68 Å². The van der Waals surface area contributed by atoms with Crippen molar-refractivity contribution in [2.75, 3.05) is 13.1 Å². The van der Waals surface area contributed by atoms with Crippen molar-refractivity contribution in [3.8, 4) is 5.69 Å². The van der Waals surface area contributed by atoms with E-state index >= 15 is 0 Å². The largest absolute Gasteiger partial charge is 0.336 e. The second-order valence-corrected chi connectivity index (χ2v) is 6.95. The molecule has 24 heavy (non-hydrogen) atoms. The summed E-state index contributed by atoms with van der Waals surface area (Å²) >= 11 is 1.24. The highest BCUT2D eigenvalue weighted by Gasteiger charge is 2.31. The molecule has 3 amide bonds. The van der Waals surface area contributed by atoms with Gasteiger partial charge in [0.25, 0.3) is 0 Å². The van der Waals surface area contributed by atoms with E-state index in [9.17, 15) is 9.59 Å². The summed E-state index contributed by atoms with van der Waals surface area (Å²) in [5.41, 5.74) is 3.07. The molecule has 0 aliphatic carbocycles. The van der Waals surface area contributed by atoms with E-state index in [1.165, 1.54) is 16.7 Å². The number of nitrogens with zero attached hydrogens (tertiary/aromatic N) is 5. The molecule has 0 spiro atoms. The van der Waals surface area contributed by atoms with Gasteiger partial charge in [0, 0.05) is 13.1 Å². The fraction of sp³-hybridized carbons (Fsp3) is 0.400. The number of amides is 3. The van der Waals surface area contributed by atoms with Crippen LogP contribution in [0.15, 0.2) is 23.4 Å². The quantitative estimate of drug-likeness (QED) is 0.839. The highest BCUT2D eigenvalue weighted by Crippen LogP contribution is 2.26. The number of tetrazole rings is 1. The van der Waals surface area contributed by atoms with Crippen LogP contribution in [0.5, 0.6) is 0 Å². The fourth-order valence-electron chi connectivity index (χ4n) is 2.56. The fourth-order valence-corrected chi connectivity index (χ4v) is 3.42. The number of benzene rings is 1. The van der Waals surface area contributed by atoms with E-state index in [2.05, 4.69) is 26.9 Å². The Morgan fingerprint density at radius 1 is 1.38 bits per heavy atom. The molecule has 2 aromatic rings. The minimum absolute atomic E-state index is 0.245. The maximum Gasteiger partial charge on any atom is 0.324 e. The standard InChI is InChI=1S/C15H18N6O2S/c1-9-4-5-12(10(2)8-9)21-15(17-18-19-21)24-11(3)13(22)20-7-6-16-14(20)23/h4-5,8,11H,6-7H2,1-3H3,(H,16,23)/t11-/m1/s1. The Morgan fingerprint density at radius 3 is 2.83 bits per heavy atom. The van der Waals surface area contributed by atoms with Crippen LogP contribution in [0, 0.1) is 13.8 Å². The van der Waals surface area contributed by atoms with Crippen LogP contribution in [0.2, 0.25) is 0 Å². The summed E-state index contributed by atoms with van der Waals surface area (Å²) in [6, 6.07) is 5.64. The van der Waals surface area contributed by atoms with Crippen LogP contribution in [-0.2, 0) is 4.79 Å². The predicted octanol–water partition coefficient (Wildman–Crippen LogP) is 1.31. The second kappa shape index (κ2) is 6.60. The minimum atomic E-state index is -0.468. The van der Waals surface area contributed by atoms with Gasteiger partial charge in [-0.25, -0.2) is 4.79 Å². The molecule has 1 aliphatic rings. The van der Waals surface area contributed by atoms with Crippen molar-refractivity contribution in [2.24, 2.45) is 0 Å². The molecule has 1 N–H and O–H groups in total. The van der Waals surface area contributed by atoms with Crippen molar-refractivity contribution in [3.05, 3.63) is 29.3 Å². The van der Waals surface area contributed by atoms with Gasteiger partial charge < -0.3 is 5.32 Å². The van der Waals surface area contributed by atoms with Gasteiger partial charge in [0.1, 0.15) is 0 Å². The lowest BCUT2D eigenvalue weighted by Crippen LogP contribution is -2.39. The van der Waals surface area contributed by atoms with Crippen molar-refractivity contribution in [2.45, 2.75) is 31.2 Å². The smallest absolute Gasteiger partial charge is 0.324 e. The monoisotopic (exact) mass is 346 g/mol. The summed E-state index contributed by atoms with van der Waals surface area (Å²) in [4.78, 5) is 25.3. The number of nitrogens with one attached hydrogen (secondary N) is 1. The van der Waals surface area contributed by atoms with Crippen LogP contribution >= 0.6 is 11.8 Å². The number of aryl methyl sites for hydroxylation is 2. The van der Waals surface area contributed by atoms with E-state index in [0.717, 1.165) is 16.8 Å². The Kier molecular flexibility index (Phi) is 4.52. The number of rotatable bonds is 4. The number of aromatic nitrogens is 4.